The fourth-order valence-electron chi connectivity index (χ4n) is 3.90. The molecule has 0 saturated heterocycles. The Labute approximate surface area is 180 Å². The van der Waals surface area contributed by atoms with Gasteiger partial charge >= 0.3 is 0 Å². The minimum Gasteiger partial charge on any atom is -0.455 e. The molecule has 2 heteroatoms. The first-order valence-electron chi connectivity index (χ1n) is 11.2. The van der Waals surface area contributed by atoms with Crippen molar-refractivity contribution in [1.29, 1.82) is 0 Å². The first-order chi connectivity index (χ1) is 15.3. The summed E-state index contributed by atoms with van der Waals surface area (Å²) in [5.41, 5.74) is 5.52. The Hall–Kier alpha value is -3.39. The highest BCUT2D eigenvalue weighted by molar-refractivity contribution is 6.10. The van der Waals surface area contributed by atoms with Crippen LogP contribution >= 0.6 is 0 Å². The normalized spacial score (nSPS) is 13.4. The van der Waals surface area contributed by atoms with Gasteiger partial charge in [-0.15, -0.1) is 0 Å². The fourth-order valence-corrected chi connectivity index (χ4v) is 3.90. The van der Waals surface area contributed by atoms with E-state index >= 15 is 0 Å². The summed E-state index contributed by atoms with van der Waals surface area (Å²) in [4.78, 5) is 4.56. The van der Waals surface area contributed by atoms with E-state index in [0.29, 0.717) is 11.3 Å². The lowest BCUT2D eigenvalue weighted by molar-refractivity contribution is 0.411. The van der Waals surface area contributed by atoms with Crippen LogP contribution in [0.3, 0.4) is 0 Å². The van der Waals surface area contributed by atoms with Crippen LogP contribution in [0.4, 0.5) is 0 Å². The second kappa shape index (κ2) is 7.14. The molecule has 5 rings (SSSR count). The number of benzene rings is 3. The van der Waals surface area contributed by atoms with E-state index in [1.807, 2.05) is 57.2 Å². The summed E-state index contributed by atoms with van der Waals surface area (Å²) in [6, 6.07) is 26.2. The fraction of sp³-hybridized carbons (Fsp3) is 0.179. The first-order valence-corrected chi connectivity index (χ1v) is 10.2. The molecule has 0 radical (unpaired) electrons. The van der Waals surface area contributed by atoms with Crippen LogP contribution in [0.25, 0.3) is 44.3 Å². The van der Waals surface area contributed by atoms with E-state index in [9.17, 15) is 0 Å². The molecule has 2 heterocycles. The van der Waals surface area contributed by atoms with Crippen molar-refractivity contribution in [2.24, 2.45) is 5.41 Å². The van der Waals surface area contributed by atoms with Gasteiger partial charge < -0.3 is 4.42 Å². The molecule has 0 atom stereocenters. The standard InChI is InChI=1S/C28H25NO/c1-28(2,3)18-19-14-15-29-25(16-19)24-11-7-10-23-22-13-12-21(17-26(22)30-27(23)24)20-8-5-4-6-9-20/h4-17H,18H2,1-3H3/i18D2. The summed E-state index contributed by atoms with van der Waals surface area (Å²) in [5.74, 6) is 0. The Morgan fingerprint density at radius 3 is 2.47 bits per heavy atom. The molecule has 3 aromatic carbocycles. The number of para-hydroxylation sites is 1. The van der Waals surface area contributed by atoms with Crippen molar-refractivity contribution in [1.82, 2.24) is 4.98 Å². The van der Waals surface area contributed by atoms with E-state index < -0.39 is 11.8 Å². The minimum atomic E-state index is -1.49. The Morgan fingerprint density at radius 2 is 1.67 bits per heavy atom. The van der Waals surface area contributed by atoms with Gasteiger partial charge in [0.25, 0.3) is 0 Å². The lowest BCUT2D eigenvalue weighted by Gasteiger charge is -2.18. The largest absolute Gasteiger partial charge is 0.455 e. The molecular weight excluding hydrogens is 366 g/mol. The number of hydrogen-bond acceptors (Lipinski definition) is 2. The molecule has 0 aliphatic carbocycles. The number of aromatic nitrogens is 1. The summed E-state index contributed by atoms with van der Waals surface area (Å²) < 4.78 is 23.7. The van der Waals surface area contributed by atoms with E-state index in [4.69, 9.17) is 7.16 Å². The molecule has 0 spiro atoms. The van der Waals surface area contributed by atoms with Crippen LogP contribution in [0.1, 0.15) is 29.1 Å². The lowest BCUT2D eigenvalue weighted by Crippen LogP contribution is -2.09. The highest BCUT2D eigenvalue weighted by atomic mass is 16.3. The maximum atomic E-state index is 8.65. The summed E-state index contributed by atoms with van der Waals surface area (Å²) in [5, 5.41) is 2.09. The molecule has 5 aromatic rings. The van der Waals surface area contributed by atoms with Crippen LogP contribution in [0, 0.1) is 5.41 Å². The summed E-state index contributed by atoms with van der Waals surface area (Å²) in [6.07, 6.45) is 0.195. The van der Waals surface area contributed by atoms with Gasteiger partial charge in [0.1, 0.15) is 11.2 Å². The highest BCUT2D eigenvalue weighted by Crippen LogP contribution is 2.37. The number of fused-ring (bicyclic) bond motifs is 3. The van der Waals surface area contributed by atoms with Crippen LogP contribution < -0.4 is 0 Å². The minimum absolute atomic E-state index is 0.537. The van der Waals surface area contributed by atoms with Gasteiger partial charge in [0.2, 0.25) is 0 Å². The average molecular weight is 394 g/mol. The van der Waals surface area contributed by atoms with Crippen LogP contribution in [0.2, 0.25) is 0 Å². The summed E-state index contributed by atoms with van der Waals surface area (Å²) >= 11 is 0. The molecule has 0 amide bonds. The van der Waals surface area contributed by atoms with Crippen molar-refractivity contribution < 1.29 is 7.16 Å². The number of hydrogen-bond donors (Lipinski definition) is 0. The SMILES string of the molecule is [2H]C([2H])(c1ccnc(-c2cccc3c2oc2cc(-c4ccccc4)ccc23)c1)C(C)(C)C. The van der Waals surface area contributed by atoms with Crippen LogP contribution in [-0.4, -0.2) is 4.98 Å². The Morgan fingerprint density at radius 1 is 0.833 bits per heavy atom. The van der Waals surface area contributed by atoms with E-state index in [0.717, 1.165) is 38.6 Å². The third-order valence-corrected chi connectivity index (χ3v) is 5.16. The Balaban J connectivity index is 1.67. The predicted molar refractivity (Wildman–Crippen MR) is 126 cm³/mol. The summed E-state index contributed by atoms with van der Waals surface area (Å²) in [7, 11) is 0. The van der Waals surface area contributed by atoms with Gasteiger partial charge in [0, 0.05) is 25.3 Å². The molecular formula is C28H25NO. The van der Waals surface area contributed by atoms with Crippen molar-refractivity contribution in [2.45, 2.75) is 27.1 Å². The van der Waals surface area contributed by atoms with Crippen molar-refractivity contribution in [3.63, 3.8) is 0 Å². The van der Waals surface area contributed by atoms with Crippen molar-refractivity contribution in [3.05, 3.63) is 90.6 Å². The predicted octanol–water partition coefficient (Wildman–Crippen LogP) is 7.90. The molecule has 0 N–H and O–H groups in total. The number of furan rings is 1. The van der Waals surface area contributed by atoms with E-state index in [2.05, 4.69) is 41.4 Å². The van der Waals surface area contributed by atoms with Gasteiger partial charge in [-0.3, -0.25) is 4.98 Å². The van der Waals surface area contributed by atoms with Gasteiger partial charge in [-0.2, -0.15) is 0 Å². The first kappa shape index (κ1) is 16.4. The average Bonchev–Trinajstić information content (AvgIpc) is 3.17. The van der Waals surface area contributed by atoms with Crippen molar-refractivity contribution in [2.75, 3.05) is 0 Å². The highest BCUT2D eigenvalue weighted by Gasteiger charge is 2.16. The molecule has 0 aliphatic rings. The maximum Gasteiger partial charge on any atom is 0.144 e. The third kappa shape index (κ3) is 3.50. The van der Waals surface area contributed by atoms with Crippen molar-refractivity contribution in [3.8, 4) is 22.4 Å². The second-order valence-electron chi connectivity index (χ2n) is 8.67. The molecule has 0 saturated carbocycles. The van der Waals surface area contributed by atoms with Gasteiger partial charge in [0.15, 0.2) is 0 Å². The maximum absolute atomic E-state index is 8.65. The second-order valence-corrected chi connectivity index (χ2v) is 8.67. The molecule has 2 aromatic heterocycles. The number of nitrogens with zero attached hydrogens (tertiary/aromatic N) is 1. The number of rotatable bonds is 3. The van der Waals surface area contributed by atoms with E-state index in [1.165, 1.54) is 0 Å². The molecule has 2 nitrogen and oxygen atoms in total. The van der Waals surface area contributed by atoms with Gasteiger partial charge in [-0.05, 0) is 58.8 Å². The van der Waals surface area contributed by atoms with Crippen LogP contribution in [0.5, 0.6) is 0 Å². The molecule has 0 aliphatic heterocycles. The van der Waals surface area contributed by atoms with Gasteiger partial charge in [-0.1, -0.05) is 69.3 Å². The third-order valence-electron chi connectivity index (χ3n) is 5.16. The van der Waals surface area contributed by atoms with E-state index in [1.54, 1.807) is 12.3 Å². The topological polar surface area (TPSA) is 26.0 Å². The smallest absolute Gasteiger partial charge is 0.144 e. The van der Waals surface area contributed by atoms with Crippen LogP contribution in [0.15, 0.2) is 89.5 Å². The van der Waals surface area contributed by atoms with E-state index in [-0.39, 0.29) is 0 Å². The molecule has 0 unspecified atom stereocenters. The molecule has 0 fully saturated rings. The molecule has 148 valence electrons. The van der Waals surface area contributed by atoms with Crippen molar-refractivity contribution >= 4 is 21.9 Å². The number of pyridine rings is 1. The zero-order valence-electron chi connectivity index (χ0n) is 19.4. The molecule has 30 heavy (non-hydrogen) atoms. The Bertz CT molecular complexity index is 1430. The monoisotopic (exact) mass is 393 g/mol. The summed E-state index contributed by atoms with van der Waals surface area (Å²) in [6.45, 7) is 5.74. The zero-order valence-corrected chi connectivity index (χ0v) is 17.4. The molecule has 0 bridgehead atoms. The van der Waals surface area contributed by atoms with Gasteiger partial charge in [-0.25, -0.2) is 0 Å². The zero-order chi connectivity index (χ0) is 22.5. The van der Waals surface area contributed by atoms with Crippen LogP contribution in [-0.2, 0) is 6.37 Å². The lowest BCUT2D eigenvalue weighted by atomic mass is 9.88. The Kier molecular flexibility index (Phi) is 3.91. The quantitative estimate of drug-likeness (QED) is 0.311. The van der Waals surface area contributed by atoms with Gasteiger partial charge in [0.05, 0.1) is 5.69 Å².